The molecule has 1 rings (SSSR count). The van der Waals surface area contributed by atoms with Gasteiger partial charge >= 0.3 is 6.18 Å². The summed E-state index contributed by atoms with van der Waals surface area (Å²) in [4.78, 5) is 0. The van der Waals surface area contributed by atoms with Gasteiger partial charge in [-0.15, -0.1) is 0 Å². The third-order valence-corrected chi connectivity index (χ3v) is 1.87. The van der Waals surface area contributed by atoms with Crippen LogP contribution in [0.5, 0.6) is 5.75 Å². The third-order valence-electron chi connectivity index (χ3n) is 1.87. The molecule has 0 bridgehead atoms. The molecule has 0 aliphatic heterocycles. The number of alkyl halides is 3. The van der Waals surface area contributed by atoms with Crippen molar-refractivity contribution in [2.75, 3.05) is 13.2 Å². The van der Waals surface area contributed by atoms with Crippen LogP contribution in [0.15, 0.2) is 18.2 Å². The van der Waals surface area contributed by atoms with E-state index in [4.69, 9.17) is 17.7 Å². The van der Waals surface area contributed by atoms with Crippen molar-refractivity contribution in [1.29, 1.82) is 0 Å². The van der Waals surface area contributed by atoms with E-state index in [1.54, 1.807) is 0 Å². The summed E-state index contributed by atoms with van der Waals surface area (Å²) in [6, 6.07) is 3.34. The minimum absolute atomic E-state index is 0. The monoisotopic (exact) mass is 266 g/mol. The van der Waals surface area contributed by atoms with Crippen LogP contribution < -0.4 is 10.2 Å². The molecule has 1 aromatic carbocycles. The SMILES string of the molecule is O.O.[B]c1ccc(OCCCO)c(C(F)(F)F)c1. The van der Waals surface area contributed by atoms with Gasteiger partial charge in [0.05, 0.1) is 12.2 Å². The molecule has 0 unspecified atom stereocenters. The Labute approximate surface area is 103 Å². The summed E-state index contributed by atoms with van der Waals surface area (Å²) in [5.41, 5.74) is -0.868. The van der Waals surface area contributed by atoms with Gasteiger partial charge in [-0.25, -0.2) is 0 Å². The predicted molar refractivity (Wildman–Crippen MR) is 61.3 cm³/mol. The molecule has 0 fully saturated rings. The molecule has 4 nitrogen and oxygen atoms in total. The fourth-order valence-corrected chi connectivity index (χ4v) is 1.14. The highest BCUT2D eigenvalue weighted by Crippen LogP contribution is 2.35. The average molecular weight is 266 g/mol. The molecule has 0 heterocycles. The van der Waals surface area contributed by atoms with Crippen LogP contribution in [0, 0.1) is 0 Å². The van der Waals surface area contributed by atoms with Gasteiger partial charge in [0.25, 0.3) is 0 Å². The van der Waals surface area contributed by atoms with E-state index in [1.807, 2.05) is 0 Å². The maximum atomic E-state index is 12.6. The van der Waals surface area contributed by atoms with Gasteiger partial charge in [-0.1, -0.05) is 17.6 Å². The van der Waals surface area contributed by atoms with E-state index in [2.05, 4.69) is 0 Å². The van der Waals surface area contributed by atoms with E-state index >= 15 is 0 Å². The Hall–Kier alpha value is -1.25. The second-order valence-electron chi connectivity index (χ2n) is 3.18. The Morgan fingerprint density at radius 3 is 2.33 bits per heavy atom. The van der Waals surface area contributed by atoms with Crippen LogP contribution in [-0.4, -0.2) is 37.1 Å². The minimum Gasteiger partial charge on any atom is -0.493 e. The third kappa shape index (κ3) is 5.39. The van der Waals surface area contributed by atoms with E-state index in [0.29, 0.717) is 0 Å². The molecule has 0 atom stereocenters. The summed E-state index contributed by atoms with van der Waals surface area (Å²) in [5.74, 6) is -0.268. The number of ether oxygens (including phenoxy) is 1. The Bertz CT molecular complexity index is 357. The van der Waals surface area contributed by atoms with Gasteiger partial charge in [0.2, 0.25) is 0 Å². The molecule has 5 N–H and O–H groups in total. The largest absolute Gasteiger partial charge is 0.493 e. The van der Waals surface area contributed by atoms with Crippen LogP contribution in [0.25, 0.3) is 0 Å². The number of halogens is 3. The summed E-state index contributed by atoms with van der Waals surface area (Å²) in [7, 11) is 5.28. The lowest BCUT2D eigenvalue weighted by Crippen LogP contribution is -2.14. The number of aliphatic hydroxyl groups is 1. The highest BCUT2D eigenvalue weighted by atomic mass is 19.4. The van der Waals surface area contributed by atoms with Crippen LogP contribution in [0.4, 0.5) is 13.2 Å². The van der Waals surface area contributed by atoms with Crippen molar-refractivity contribution in [1.82, 2.24) is 0 Å². The fourth-order valence-electron chi connectivity index (χ4n) is 1.14. The minimum atomic E-state index is -4.50. The molecule has 0 aromatic heterocycles. The first-order valence-corrected chi connectivity index (χ1v) is 4.65. The number of hydrogen-bond donors (Lipinski definition) is 1. The van der Waals surface area contributed by atoms with Crippen LogP contribution in [0.1, 0.15) is 12.0 Å². The molecule has 0 amide bonds. The van der Waals surface area contributed by atoms with Crippen molar-refractivity contribution in [3.05, 3.63) is 23.8 Å². The van der Waals surface area contributed by atoms with Crippen LogP contribution in [0.2, 0.25) is 0 Å². The smallest absolute Gasteiger partial charge is 0.419 e. The Balaban J connectivity index is 0. The first-order valence-electron chi connectivity index (χ1n) is 4.65. The quantitative estimate of drug-likeness (QED) is 0.593. The van der Waals surface area contributed by atoms with Crippen LogP contribution in [-0.2, 0) is 6.18 Å². The van der Waals surface area contributed by atoms with Gasteiger partial charge in [-0.05, 0) is 6.07 Å². The second kappa shape index (κ2) is 7.96. The molecule has 8 heteroatoms. The van der Waals surface area contributed by atoms with Gasteiger partial charge in [-0.2, -0.15) is 13.2 Å². The zero-order chi connectivity index (χ0) is 12.2. The molecular weight excluding hydrogens is 252 g/mol. The summed E-state index contributed by atoms with van der Waals surface area (Å²) < 4.78 is 42.6. The zero-order valence-electron chi connectivity index (χ0n) is 9.42. The van der Waals surface area contributed by atoms with E-state index in [9.17, 15) is 13.2 Å². The van der Waals surface area contributed by atoms with E-state index < -0.39 is 11.7 Å². The molecular formula is C10H14BF3O4. The maximum Gasteiger partial charge on any atom is 0.419 e. The zero-order valence-corrected chi connectivity index (χ0v) is 9.42. The molecule has 0 aliphatic carbocycles. The Kier molecular flexibility index (Phi) is 8.45. The van der Waals surface area contributed by atoms with Gasteiger partial charge in [0.1, 0.15) is 13.6 Å². The Morgan fingerprint density at radius 1 is 1.22 bits per heavy atom. The second-order valence-corrected chi connectivity index (χ2v) is 3.18. The van der Waals surface area contributed by atoms with Crippen molar-refractivity contribution in [2.45, 2.75) is 12.6 Å². The van der Waals surface area contributed by atoms with Gasteiger partial charge in [-0.3, -0.25) is 0 Å². The summed E-state index contributed by atoms with van der Waals surface area (Å²) >= 11 is 0. The molecule has 1 aromatic rings. The first-order chi connectivity index (χ1) is 7.45. The maximum absolute atomic E-state index is 12.6. The molecule has 18 heavy (non-hydrogen) atoms. The van der Waals surface area contributed by atoms with E-state index in [0.717, 1.165) is 6.07 Å². The fraction of sp³-hybridized carbons (Fsp3) is 0.400. The highest BCUT2D eigenvalue weighted by Gasteiger charge is 2.34. The topological polar surface area (TPSA) is 92.5 Å². The van der Waals surface area contributed by atoms with Crippen molar-refractivity contribution in [3.8, 4) is 5.75 Å². The lowest BCUT2D eigenvalue weighted by atomic mass is 9.94. The Morgan fingerprint density at radius 2 is 1.83 bits per heavy atom. The van der Waals surface area contributed by atoms with E-state index in [1.165, 1.54) is 12.1 Å². The first kappa shape index (κ1) is 19.1. The van der Waals surface area contributed by atoms with Gasteiger partial charge in [0, 0.05) is 13.0 Å². The summed E-state index contributed by atoms with van der Waals surface area (Å²) in [5, 5.41) is 8.50. The van der Waals surface area contributed by atoms with Crippen LogP contribution >= 0.6 is 0 Å². The lowest BCUT2D eigenvalue weighted by Gasteiger charge is -2.14. The molecule has 0 saturated heterocycles. The number of benzene rings is 1. The number of rotatable bonds is 4. The summed E-state index contributed by atoms with van der Waals surface area (Å²) in [6.07, 6.45) is -4.22. The molecule has 2 radical (unpaired) electrons. The molecule has 0 spiro atoms. The molecule has 0 aliphatic rings. The molecule has 102 valence electrons. The number of aliphatic hydroxyl groups excluding tert-OH is 1. The van der Waals surface area contributed by atoms with Crippen molar-refractivity contribution in [2.24, 2.45) is 0 Å². The van der Waals surface area contributed by atoms with Gasteiger partial charge in [0.15, 0.2) is 0 Å². The molecule has 0 saturated carbocycles. The van der Waals surface area contributed by atoms with Crippen molar-refractivity contribution < 1.29 is 34.0 Å². The van der Waals surface area contributed by atoms with E-state index in [-0.39, 0.29) is 41.8 Å². The normalized spacial score (nSPS) is 10.2. The standard InChI is InChI=1S/C10H10BF3O2.2H2O/c11-7-2-3-9(16-5-1-4-15)8(6-7)10(12,13)14;;/h2-3,6,15H,1,4-5H2;2*1H2. The van der Waals surface area contributed by atoms with Crippen molar-refractivity contribution in [3.63, 3.8) is 0 Å². The average Bonchev–Trinajstić information content (AvgIpc) is 2.19. The van der Waals surface area contributed by atoms with Gasteiger partial charge < -0.3 is 20.8 Å². The summed E-state index contributed by atoms with van der Waals surface area (Å²) in [6.45, 7) is -0.0974. The highest BCUT2D eigenvalue weighted by molar-refractivity contribution is 6.32. The predicted octanol–water partition coefficient (Wildman–Crippen LogP) is -0.389. The lowest BCUT2D eigenvalue weighted by molar-refractivity contribution is -0.138. The van der Waals surface area contributed by atoms with Crippen LogP contribution in [0.3, 0.4) is 0 Å². The number of hydrogen-bond acceptors (Lipinski definition) is 2. The van der Waals surface area contributed by atoms with Crippen molar-refractivity contribution >= 4 is 13.3 Å².